The van der Waals surface area contributed by atoms with Crippen molar-refractivity contribution in [3.05, 3.63) is 64.8 Å². The molecular weight excluding hydrogens is 362 g/mol. The Labute approximate surface area is 162 Å². The van der Waals surface area contributed by atoms with Crippen molar-refractivity contribution >= 4 is 39.9 Å². The monoisotopic (exact) mass is 381 g/mol. The van der Waals surface area contributed by atoms with Gasteiger partial charge in [0.1, 0.15) is 0 Å². The highest BCUT2D eigenvalue weighted by molar-refractivity contribution is 6.49. The Hall–Kier alpha value is -2.63. The van der Waals surface area contributed by atoms with Crippen LogP contribution in [0, 0.1) is 0 Å². The predicted octanol–water partition coefficient (Wildman–Crippen LogP) is 3.29. The average Bonchev–Trinajstić information content (AvgIpc) is 2.82. The van der Waals surface area contributed by atoms with Gasteiger partial charge in [-0.05, 0) is 30.3 Å². The van der Waals surface area contributed by atoms with E-state index in [1.165, 1.54) is 4.90 Å². The molecule has 138 valence electrons. The van der Waals surface area contributed by atoms with Crippen LogP contribution in [0.5, 0.6) is 0 Å². The van der Waals surface area contributed by atoms with E-state index >= 15 is 0 Å². The molecule has 1 amide bonds. The third-order valence-electron chi connectivity index (χ3n) is 5.07. The molecule has 0 unspecified atom stereocenters. The summed E-state index contributed by atoms with van der Waals surface area (Å²) >= 11 is 5.92. The number of rotatable bonds is 3. The van der Waals surface area contributed by atoms with Crippen molar-refractivity contribution in [2.24, 2.45) is 0 Å². The molecule has 2 heterocycles. The molecule has 0 radical (unpaired) electrons. The number of para-hydroxylation sites is 1. The number of halogens is 1. The maximum atomic E-state index is 13.2. The van der Waals surface area contributed by atoms with Gasteiger partial charge < -0.3 is 14.8 Å². The van der Waals surface area contributed by atoms with Crippen LogP contribution in [0.1, 0.15) is 16.1 Å². The van der Waals surface area contributed by atoms with Gasteiger partial charge in [-0.2, -0.15) is 0 Å². The number of carbonyl (C=O) groups is 2. The third kappa shape index (κ3) is 3.13. The molecular formula is C21H20ClN3O2. The lowest BCUT2D eigenvalue weighted by Crippen LogP contribution is -2.33. The summed E-state index contributed by atoms with van der Waals surface area (Å²) in [6.45, 7) is 2.42. The normalized spacial score (nSPS) is 13.9. The molecule has 0 fully saturated rings. The van der Waals surface area contributed by atoms with Crippen LogP contribution in [-0.4, -0.2) is 36.4 Å². The highest BCUT2D eigenvalue weighted by atomic mass is 35.5. The highest BCUT2D eigenvalue weighted by Crippen LogP contribution is 2.29. The summed E-state index contributed by atoms with van der Waals surface area (Å²) in [7, 11) is 1.61. The number of carbonyl (C=O) groups excluding carboxylic acids is 2. The fourth-order valence-electron chi connectivity index (χ4n) is 3.69. The van der Waals surface area contributed by atoms with Crippen molar-refractivity contribution in [1.82, 2.24) is 9.88 Å². The number of hydrogen-bond acceptors (Lipinski definition) is 3. The second kappa shape index (κ2) is 7.18. The number of ketones is 1. The zero-order valence-electron chi connectivity index (χ0n) is 15.0. The second-order valence-electron chi connectivity index (χ2n) is 6.66. The number of Topliss-reactive ketones (excluding diaryl/α,β-unsaturated/α-hetero) is 1. The summed E-state index contributed by atoms with van der Waals surface area (Å²) in [5, 5.41) is 4.78. The fraction of sp³-hybridized carbons (Fsp3) is 0.238. The number of hydrogen-bond donors (Lipinski definition) is 1. The molecule has 1 aliphatic heterocycles. The van der Waals surface area contributed by atoms with Crippen molar-refractivity contribution in [3.63, 3.8) is 0 Å². The van der Waals surface area contributed by atoms with E-state index in [0.717, 1.165) is 36.2 Å². The Kier molecular flexibility index (Phi) is 4.72. The van der Waals surface area contributed by atoms with Gasteiger partial charge in [-0.15, -0.1) is 0 Å². The molecule has 0 saturated carbocycles. The quantitative estimate of drug-likeness (QED) is 0.559. The molecule has 0 bridgehead atoms. The summed E-state index contributed by atoms with van der Waals surface area (Å²) in [5.41, 5.74) is 3.10. The zero-order chi connectivity index (χ0) is 19.0. The first-order chi connectivity index (χ1) is 13.1. The number of aromatic nitrogens is 1. The van der Waals surface area contributed by atoms with Crippen LogP contribution in [0.3, 0.4) is 0 Å². The van der Waals surface area contributed by atoms with E-state index in [0.29, 0.717) is 22.7 Å². The molecule has 0 aliphatic carbocycles. The van der Waals surface area contributed by atoms with Gasteiger partial charge in [-0.25, -0.2) is 0 Å². The number of benzene rings is 2. The van der Waals surface area contributed by atoms with Crippen LogP contribution in [0.4, 0.5) is 5.69 Å². The minimum absolute atomic E-state index is 0.473. The first-order valence-electron chi connectivity index (χ1n) is 8.96. The molecule has 1 aromatic heterocycles. The number of nitrogens with zero attached hydrogens (tertiary/aromatic N) is 2. The molecule has 0 atom stereocenters. The molecule has 3 aromatic rings. The summed E-state index contributed by atoms with van der Waals surface area (Å²) in [6, 6.07) is 14.7. The Balaban J connectivity index is 1.77. The first kappa shape index (κ1) is 17.8. The molecule has 4 rings (SSSR count). The maximum absolute atomic E-state index is 13.2. The van der Waals surface area contributed by atoms with Crippen LogP contribution in [0.15, 0.2) is 48.5 Å². The molecule has 1 aliphatic rings. The van der Waals surface area contributed by atoms with E-state index in [4.69, 9.17) is 11.6 Å². The van der Waals surface area contributed by atoms with E-state index in [-0.39, 0.29) is 0 Å². The Morgan fingerprint density at radius 3 is 2.59 bits per heavy atom. The third-order valence-corrected chi connectivity index (χ3v) is 5.32. The number of anilines is 1. The highest BCUT2D eigenvalue weighted by Gasteiger charge is 2.29. The van der Waals surface area contributed by atoms with Gasteiger partial charge in [-0.3, -0.25) is 9.59 Å². The van der Waals surface area contributed by atoms with Crippen molar-refractivity contribution < 1.29 is 9.59 Å². The van der Waals surface area contributed by atoms with Crippen LogP contribution in [0.25, 0.3) is 10.9 Å². The lowest BCUT2D eigenvalue weighted by atomic mass is 10.0. The Morgan fingerprint density at radius 2 is 1.81 bits per heavy atom. The van der Waals surface area contributed by atoms with Crippen LogP contribution >= 0.6 is 11.6 Å². The van der Waals surface area contributed by atoms with Gasteiger partial charge in [0.15, 0.2) is 0 Å². The van der Waals surface area contributed by atoms with Gasteiger partial charge in [0.25, 0.3) is 11.7 Å². The lowest BCUT2D eigenvalue weighted by molar-refractivity contribution is -0.114. The SMILES string of the molecule is CN(C(=O)C(=O)c1c2n(c3ccccc13)CCNCC2)c1ccc(Cl)cc1. The maximum Gasteiger partial charge on any atom is 0.299 e. The number of nitrogens with one attached hydrogen (secondary N) is 1. The summed E-state index contributed by atoms with van der Waals surface area (Å²) in [6.07, 6.45) is 0.716. The molecule has 2 aromatic carbocycles. The van der Waals surface area contributed by atoms with E-state index < -0.39 is 11.7 Å². The van der Waals surface area contributed by atoms with E-state index in [1.54, 1.807) is 31.3 Å². The second-order valence-corrected chi connectivity index (χ2v) is 7.10. The van der Waals surface area contributed by atoms with E-state index in [1.807, 2.05) is 24.3 Å². The predicted molar refractivity (Wildman–Crippen MR) is 108 cm³/mol. The Morgan fingerprint density at radius 1 is 1.07 bits per heavy atom. The largest absolute Gasteiger partial charge is 0.343 e. The summed E-state index contributed by atoms with van der Waals surface area (Å²) in [4.78, 5) is 27.6. The average molecular weight is 382 g/mol. The standard InChI is InChI=1S/C21H20ClN3O2/c1-24(15-8-6-14(22)7-9-15)21(27)20(26)19-16-4-2-3-5-17(16)25-13-12-23-11-10-18(19)25/h2-9,23H,10-13H2,1H3. The van der Waals surface area contributed by atoms with Gasteiger partial charge in [0.2, 0.25) is 0 Å². The van der Waals surface area contributed by atoms with Crippen LogP contribution < -0.4 is 10.2 Å². The van der Waals surface area contributed by atoms with E-state index in [2.05, 4.69) is 9.88 Å². The molecule has 27 heavy (non-hydrogen) atoms. The summed E-state index contributed by atoms with van der Waals surface area (Å²) in [5.74, 6) is -1.02. The smallest absolute Gasteiger partial charge is 0.299 e. The summed E-state index contributed by atoms with van der Waals surface area (Å²) < 4.78 is 2.16. The molecule has 6 heteroatoms. The van der Waals surface area contributed by atoms with Gasteiger partial charge in [0.05, 0.1) is 5.56 Å². The van der Waals surface area contributed by atoms with Gasteiger partial charge in [0, 0.05) is 60.4 Å². The minimum atomic E-state index is -0.548. The minimum Gasteiger partial charge on any atom is -0.343 e. The number of likely N-dealkylation sites (N-methyl/N-ethyl adjacent to an activating group) is 1. The van der Waals surface area contributed by atoms with E-state index in [9.17, 15) is 9.59 Å². The van der Waals surface area contributed by atoms with Gasteiger partial charge >= 0.3 is 0 Å². The zero-order valence-corrected chi connectivity index (χ0v) is 15.8. The molecule has 0 saturated heterocycles. The fourth-order valence-corrected chi connectivity index (χ4v) is 3.81. The first-order valence-corrected chi connectivity index (χ1v) is 9.34. The van der Waals surface area contributed by atoms with Crippen molar-refractivity contribution in [1.29, 1.82) is 0 Å². The Bertz CT molecular complexity index is 1020. The molecule has 5 nitrogen and oxygen atoms in total. The molecule has 0 spiro atoms. The van der Waals surface area contributed by atoms with Crippen molar-refractivity contribution in [3.8, 4) is 0 Å². The van der Waals surface area contributed by atoms with Crippen molar-refractivity contribution in [2.75, 3.05) is 25.0 Å². The molecule has 1 N–H and O–H groups in total. The number of fused-ring (bicyclic) bond motifs is 3. The van der Waals surface area contributed by atoms with Gasteiger partial charge in [-0.1, -0.05) is 29.8 Å². The van der Waals surface area contributed by atoms with Crippen molar-refractivity contribution in [2.45, 2.75) is 13.0 Å². The van der Waals surface area contributed by atoms with Crippen LogP contribution in [0.2, 0.25) is 5.02 Å². The topological polar surface area (TPSA) is 54.3 Å². The number of amides is 1. The van der Waals surface area contributed by atoms with Crippen LogP contribution in [-0.2, 0) is 17.8 Å². The lowest BCUT2D eigenvalue weighted by Gasteiger charge is -2.17.